The molecular formula is C12H14N2O2S2. The Labute approximate surface area is 114 Å². The van der Waals surface area contributed by atoms with Gasteiger partial charge < -0.3 is 15.2 Å². The van der Waals surface area contributed by atoms with Gasteiger partial charge in [-0.05, 0) is 6.92 Å². The fourth-order valence-corrected chi connectivity index (χ4v) is 3.29. The van der Waals surface area contributed by atoms with Crippen molar-refractivity contribution in [2.45, 2.75) is 16.2 Å². The van der Waals surface area contributed by atoms with E-state index in [0.29, 0.717) is 17.2 Å². The smallest absolute Gasteiger partial charge is 0.162 e. The third-order valence-corrected chi connectivity index (χ3v) is 4.44. The van der Waals surface area contributed by atoms with Crippen molar-refractivity contribution in [3.63, 3.8) is 0 Å². The molecule has 0 unspecified atom stereocenters. The molecule has 0 saturated carbocycles. The predicted molar refractivity (Wildman–Crippen MR) is 74.9 cm³/mol. The number of nitrogen functional groups attached to an aromatic ring is 1. The highest BCUT2D eigenvalue weighted by atomic mass is 32.2. The molecule has 1 heterocycles. The van der Waals surface area contributed by atoms with Gasteiger partial charge in [-0.1, -0.05) is 11.8 Å². The van der Waals surface area contributed by atoms with Gasteiger partial charge in [-0.25, -0.2) is 4.98 Å². The van der Waals surface area contributed by atoms with Gasteiger partial charge in [0.05, 0.1) is 14.2 Å². The standard InChI is InChI=1S/C12H14N2O2S2/c1-7-6-17-12(14-7)18-11-5-10(16-3)9(15-2)4-8(11)13/h4-6H,13H2,1-3H3. The molecule has 0 aliphatic carbocycles. The number of nitrogens with zero attached hydrogens (tertiary/aromatic N) is 1. The molecule has 2 rings (SSSR count). The first-order valence-corrected chi connectivity index (χ1v) is 6.95. The minimum absolute atomic E-state index is 0.634. The molecule has 0 aliphatic heterocycles. The fraction of sp³-hybridized carbons (Fsp3) is 0.250. The van der Waals surface area contributed by atoms with Crippen molar-refractivity contribution in [1.82, 2.24) is 4.98 Å². The van der Waals surface area contributed by atoms with E-state index in [1.807, 2.05) is 18.4 Å². The molecule has 18 heavy (non-hydrogen) atoms. The van der Waals surface area contributed by atoms with Crippen LogP contribution in [0.4, 0.5) is 5.69 Å². The lowest BCUT2D eigenvalue weighted by Gasteiger charge is -2.11. The summed E-state index contributed by atoms with van der Waals surface area (Å²) in [6, 6.07) is 3.64. The third-order valence-electron chi connectivity index (χ3n) is 2.31. The summed E-state index contributed by atoms with van der Waals surface area (Å²) >= 11 is 3.13. The highest BCUT2D eigenvalue weighted by Crippen LogP contribution is 2.40. The molecule has 1 aromatic carbocycles. The van der Waals surface area contributed by atoms with Gasteiger partial charge in [-0.15, -0.1) is 11.3 Å². The lowest BCUT2D eigenvalue weighted by molar-refractivity contribution is 0.354. The molecule has 0 radical (unpaired) electrons. The topological polar surface area (TPSA) is 57.4 Å². The molecule has 0 fully saturated rings. The van der Waals surface area contributed by atoms with E-state index >= 15 is 0 Å². The number of aryl methyl sites for hydroxylation is 1. The molecule has 0 atom stereocenters. The maximum atomic E-state index is 6.00. The van der Waals surface area contributed by atoms with Gasteiger partial charge >= 0.3 is 0 Å². The number of thiazole rings is 1. The number of hydrogen-bond donors (Lipinski definition) is 1. The van der Waals surface area contributed by atoms with Crippen molar-refractivity contribution in [2.24, 2.45) is 0 Å². The number of anilines is 1. The third kappa shape index (κ3) is 2.70. The Morgan fingerprint density at radius 3 is 2.44 bits per heavy atom. The van der Waals surface area contributed by atoms with Crippen LogP contribution < -0.4 is 15.2 Å². The molecule has 0 aliphatic rings. The van der Waals surface area contributed by atoms with Gasteiger partial charge in [-0.3, -0.25) is 0 Å². The molecular weight excluding hydrogens is 268 g/mol. The van der Waals surface area contributed by atoms with E-state index in [1.165, 1.54) is 11.8 Å². The molecule has 0 spiro atoms. The summed E-state index contributed by atoms with van der Waals surface area (Å²) in [6.45, 7) is 1.97. The molecule has 4 nitrogen and oxygen atoms in total. The summed E-state index contributed by atoms with van der Waals surface area (Å²) < 4.78 is 11.4. The van der Waals surface area contributed by atoms with E-state index in [-0.39, 0.29) is 0 Å². The van der Waals surface area contributed by atoms with E-state index in [1.54, 1.807) is 31.6 Å². The summed E-state index contributed by atoms with van der Waals surface area (Å²) in [4.78, 5) is 5.32. The molecule has 6 heteroatoms. The average Bonchev–Trinajstić information content (AvgIpc) is 2.77. The number of nitrogens with two attached hydrogens (primary N) is 1. The molecule has 0 saturated heterocycles. The SMILES string of the molecule is COc1cc(N)c(Sc2nc(C)cs2)cc1OC. The van der Waals surface area contributed by atoms with E-state index in [0.717, 1.165) is 14.9 Å². The number of aromatic nitrogens is 1. The second-order valence-electron chi connectivity index (χ2n) is 3.60. The van der Waals surface area contributed by atoms with Crippen molar-refractivity contribution in [3.05, 3.63) is 23.2 Å². The van der Waals surface area contributed by atoms with Crippen molar-refractivity contribution >= 4 is 28.8 Å². The Hall–Kier alpha value is -1.40. The van der Waals surface area contributed by atoms with E-state index < -0.39 is 0 Å². The second kappa shape index (κ2) is 5.49. The zero-order valence-electron chi connectivity index (χ0n) is 10.4. The highest BCUT2D eigenvalue weighted by molar-refractivity contribution is 8.01. The highest BCUT2D eigenvalue weighted by Gasteiger charge is 2.11. The van der Waals surface area contributed by atoms with Crippen LogP contribution in [0.15, 0.2) is 26.7 Å². The maximum Gasteiger partial charge on any atom is 0.162 e. The van der Waals surface area contributed by atoms with Gasteiger partial charge in [0.2, 0.25) is 0 Å². The lowest BCUT2D eigenvalue weighted by atomic mass is 10.3. The Kier molecular flexibility index (Phi) is 3.98. The monoisotopic (exact) mass is 282 g/mol. The fourth-order valence-electron chi connectivity index (χ4n) is 1.44. The summed E-state index contributed by atoms with van der Waals surface area (Å²) in [7, 11) is 3.20. The van der Waals surface area contributed by atoms with E-state index in [4.69, 9.17) is 15.2 Å². The van der Waals surface area contributed by atoms with Crippen LogP contribution in [0.5, 0.6) is 11.5 Å². The molecule has 2 N–H and O–H groups in total. The Bertz CT molecular complexity index is 555. The van der Waals surface area contributed by atoms with Crippen molar-refractivity contribution in [3.8, 4) is 11.5 Å². The quantitative estimate of drug-likeness (QED) is 0.873. The maximum absolute atomic E-state index is 6.00. The van der Waals surface area contributed by atoms with Crippen LogP contribution in [0.3, 0.4) is 0 Å². The van der Waals surface area contributed by atoms with E-state index in [9.17, 15) is 0 Å². The first kappa shape index (κ1) is 13.0. The summed E-state index contributed by atoms with van der Waals surface area (Å²) in [5, 5.41) is 2.01. The van der Waals surface area contributed by atoms with Crippen molar-refractivity contribution in [1.29, 1.82) is 0 Å². The molecule has 1 aromatic heterocycles. The van der Waals surface area contributed by atoms with Crippen LogP contribution in [0.2, 0.25) is 0 Å². The Morgan fingerprint density at radius 2 is 1.89 bits per heavy atom. The average molecular weight is 282 g/mol. The predicted octanol–water partition coefficient (Wildman–Crippen LogP) is 3.20. The zero-order valence-corrected chi connectivity index (χ0v) is 12.0. The van der Waals surface area contributed by atoms with Crippen LogP contribution in [-0.2, 0) is 0 Å². The van der Waals surface area contributed by atoms with Crippen LogP contribution in [0, 0.1) is 6.92 Å². The minimum Gasteiger partial charge on any atom is -0.493 e. The molecule has 0 bridgehead atoms. The summed E-state index contributed by atoms with van der Waals surface area (Å²) in [5.74, 6) is 1.30. The minimum atomic E-state index is 0.634. The number of hydrogen-bond acceptors (Lipinski definition) is 6. The number of ether oxygens (including phenoxy) is 2. The second-order valence-corrected chi connectivity index (χ2v) is 5.75. The Morgan fingerprint density at radius 1 is 1.22 bits per heavy atom. The van der Waals surface area contributed by atoms with Gasteiger partial charge in [0.1, 0.15) is 0 Å². The van der Waals surface area contributed by atoms with Gasteiger partial charge in [0.25, 0.3) is 0 Å². The van der Waals surface area contributed by atoms with Crippen LogP contribution in [0.1, 0.15) is 5.69 Å². The van der Waals surface area contributed by atoms with Crippen molar-refractivity contribution < 1.29 is 9.47 Å². The number of benzene rings is 1. The van der Waals surface area contributed by atoms with Crippen LogP contribution in [-0.4, -0.2) is 19.2 Å². The summed E-state index contributed by atoms with van der Waals surface area (Å²) in [6.07, 6.45) is 0. The first-order valence-electron chi connectivity index (χ1n) is 5.25. The van der Waals surface area contributed by atoms with Gasteiger partial charge in [0.15, 0.2) is 15.8 Å². The normalized spacial score (nSPS) is 10.4. The van der Waals surface area contributed by atoms with Gasteiger partial charge in [-0.2, -0.15) is 0 Å². The van der Waals surface area contributed by atoms with E-state index in [2.05, 4.69) is 4.98 Å². The van der Waals surface area contributed by atoms with Crippen LogP contribution >= 0.6 is 23.1 Å². The summed E-state index contributed by atoms with van der Waals surface area (Å²) in [5.41, 5.74) is 7.67. The number of rotatable bonds is 4. The van der Waals surface area contributed by atoms with Crippen molar-refractivity contribution in [2.75, 3.05) is 20.0 Å². The zero-order chi connectivity index (χ0) is 13.1. The van der Waals surface area contributed by atoms with Crippen LogP contribution in [0.25, 0.3) is 0 Å². The molecule has 0 amide bonds. The molecule has 96 valence electrons. The largest absolute Gasteiger partial charge is 0.493 e. The number of methoxy groups -OCH3 is 2. The Balaban J connectivity index is 2.33. The molecule has 2 aromatic rings. The first-order chi connectivity index (χ1) is 8.63. The van der Waals surface area contributed by atoms with Gasteiger partial charge in [0, 0.05) is 33.8 Å². The lowest BCUT2D eigenvalue weighted by Crippen LogP contribution is -1.95.